The molecule has 1 heterocycles. The van der Waals surface area contributed by atoms with Crippen LogP contribution in [0.3, 0.4) is 0 Å². The van der Waals surface area contributed by atoms with Crippen LogP contribution in [0.15, 0.2) is 30.6 Å². The Morgan fingerprint density at radius 2 is 2.00 bits per heavy atom. The third-order valence-corrected chi connectivity index (χ3v) is 2.93. The fraction of sp³-hybridized carbons (Fsp3) is 0.0909. The molecule has 2 aromatic rings. The molecule has 4 nitrogen and oxygen atoms in total. The lowest BCUT2D eigenvalue weighted by molar-refractivity contribution is 0.415. The first-order valence-corrected chi connectivity index (χ1v) is 6.23. The first-order valence-electron chi connectivity index (χ1n) is 4.77. The van der Waals surface area contributed by atoms with Crippen molar-refractivity contribution in [2.24, 2.45) is 0 Å². The summed E-state index contributed by atoms with van der Waals surface area (Å²) in [4.78, 5) is 8.28. The number of halogens is 2. The summed E-state index contributed by atoms with van der Waals surface area (Å²) >= 11 is 8.21. The van der Waals surface area contributed by atoms with Gasteiger partial charge in [-0.1, -0.05) is 11.6 Å². The summed E-state index contributed by atoms with van der Waals surface area (Å²) in [5, 5.41) is 3.63. The molecule has 0 saturated heterocycles. The molecule has 0 atom stereocenters. The van der Waals surface area contributed by atoms with E-state index in [2.05, 4.69) is 37.9 Å². The molecule has 0 bridgehead atoms. The van der Waals surface area contributed by atoms with E-state index < -0.39 is 0 Å². The molecule has 0 aliphatic rings. The van der Waals surface area contributed by atoms with E-state index in [1.807, 2.05) is 0 Å². The number of ether oxygens (including phenoxy) is 1. The predicted octanol–water partition coefficient (Wildman–Crippen LogP) is 3.49. The lowest BCUT2D eigenvalue weighted by Crippen LogP contribution is -1.97. The van der Waals surface area contributed by atoms with Gasteiger partial charge in [0.2, 0.25) is 5.95 Å². The molecular weight excluding hydrogens is 352 g/mol. The Balaban J connectivity index is 2.25. The van der Waals surface area contributed by atoms with Gasteiger partial charge in [0.05, 0.1) is 17.8 Å². The number of aromatic nitrogens is 2. The highest BCUT2D eigenvalue weighted by Gasteiger charge is 2.04. The summed E-state index contributed by atoms with van der Waals surface area (Å²) in [5.74, 6) is 1.22. The van der Waals surface area contributed by atoms with E-state index in [1.54, 1.807) is 37.7 Å². The first kappa shape index (κ1) is 12.4. The van der Waals surface area contributed by atoms with Crippen LogP contribution in [0, 0.1) is 3.57 Å². The van der Waals surface area contributed by atoms with E-state index >= 15 is 0 Å². The molecule has 0 spiro atoms. The smallest absolute Gasteiger partial charge is 0.227 e. The lowest BCUT2D eigenvalue weighted by atomic mass is 10.3. The van der Waals surface area contributed by atoms with Crippen LogP contribution in [0.1, 0.15) is 0 Å². The fourth-order valence-electron chi connectivity index (χ4n) is 1.22. The molecule has 0 amide bonds. The number of anilines is 2. The highest BCUT2D eigenvalue weighted by Crippen LogP contribution is 2.28. The topological polar surface area (TPSA) is 47.0 Å². The van der Waals surface area contributed by atoms with Crippen LogP contribution in [0.2, 0.25) is 5.02 Å². The second-order valence-electron chi connectivity index (χ2n) is 3.20. The molecule has 0 saturated carbocycles. The average Bonchev–Trinajstić information content (AvgIpc) is 2.35. The molecule has 17 heavy (non-hydrogen) atoms. The summed E-state index contributed by atoms with van der Waals surface area (Å²) in [6, 6.07) is 5.35. The van der Waals surface area contributed by atoms with Gasteiger partial charge in [-0.05, 0) is 34.7 Å². The number of nitrogens with one attached hydrogen (secondary N) is 1. The molecule has 0 radical (unpaired) electrons. The van der Waals surface area contributed by atoms with Crippen molar-refractivity contribution in [3.8, 4) is 5.75 Å². The van der Waals surface area contributed by atoms with Crippen molar-refractivity contribution in [2.45, 2.75) is 0 Å². The molecule has 88 valence electrons. The van der Waals surface area contributed by atoms with Crippen LogP contribution >= 0.6 is 34.2 Å². The van der Waals surface area contributed by atoms with Crippen molar-refractivity contribution >= 4 is 45.8 Å². The van der Waals surface area contributed by atoms with Crippen LogP contribution in [0.4, 0.5) is 11.6 Å². The zero-order valence-electron chi connectivity index (χ0n) is 8.95. The van der Waals surface area contributed by atoms with Gasteiger partial charge in [-0.15, -0.1) is 0 Å². The first-order chi connectivity index (χ1) is 8.19. The summed E-state index contributed by atoms with van der Waals surface area (Å²) in [7, 11) is 1.61. The summed E-state index contributed by atoms with van der Waals surface area (Å²) in [6.07, 6.45) is 3.45. The van der Waals surface area contributed by atoms with Gasteiger partial charge in [0, 0.05) is 22.0 Å². The lowest BCUT2D eigenvalue weighted by Gasteiger charge is -2.08. The molecule has 0 aliphatic carbocycles. The van der Waals surface area contributed by atoms with E-state index in [4.69, 9.17) is 16.3 Å². The Hall–Kier alpha value is -1.08. The Morgan fingerprint density at radius 3 is 2.65 bits per heavy atom. The van der Waals surface area contributed by atoms with Crippen molar-refractivity contribution < 1.29 is 4.74 Å². The normalized spacial score (nSPS) is 10.1. The Kier molecular flexibility index (Phi) is 4.01. The average molecular weight is 362 g/mol. The minimum Gasteiger partial charge on any atom is -0.497 e. The Morgan fingerprint density at radius 1 is 1.29 bits per heavy atom. The zero-order valence-corrected chi connectivity index (χ0v) is 11.9. The summed E-state index contributed by atoms with van der Waals surface area (Å²) in [6.45, 7) is 0. The molecule has 1 aromatic carbocycles. The minimum atomic E-state index is 0.501. The van der Waals surface area contributed by atoms with Gasteiger partial charge in [-0.25, -0.2) is 9.97 Å². The SMILES string of the molecule is COc1ccc(Cl)c(Nc2ncc(I)cn2)c1. The second kappa shape index (κ2) is 5.50. The standard InChI is InChI=1S/C11H9ClIN3O/c1-17-8-2-3-9(12)10(4-8)16-11-14-5-7(13)6-15-11/h2-6H,1H3,(H,14,15,16). The monoisotopic (exact) mass is 361 g/mol. The van der Waals surface area contributed by atoms with Crippen molar-refractivity contribution in [3.05, 3.63) is 39.2 Å². The van der Waals surface area contributed by atoms with Crippen molar-refractivity contribution in [1.29, 1.82) is 0 Å². The Labute approximate surface area is 118 Å². The van der Waals surface area contributed by atoms with Crippen molar-refractivity contribution in [2.75, 3.05) is 12.4 Å². The third-order valence-electron chi connectivity index (χ3n) is 2.04. The van der Waals surface area contributed by atoms with Gasteiger partial charge in [-0.2, -0.15) is 0 Å². The summed E-state index contributed by atoms with van der Waals surface area (Å²) < 4.78 is 6.10. The van der Waals surface area contributed by atoms with Gasteiger partial charge in [0.15, 0.2) is 0 Å². The largest absolute Gasteiger partial charge is 0.497 e. The highest BCUT2D eigenvalue weighted by molar-refractivity contribution is 14.1. The van der Waals surface area contributed by atoms with Crippen LogP contribution in [0.25, 0.3) is 0 Å². The molecule has 0 aliphatic heterocycles. The highest BCUT2D eigenvalue weighted by atomic mass is 127. The van der Waals surface area contributed by atoms with Crippen LogP contribution in [0.5, 0.6) is 5.75 Å². The van der Waals surface area contributed by atoms with Gasteiger partial charge >= 0.3 is 0 Å². The van der Waals surface area contributed by atoms with Gasteiger partial charge in [-0.3, -0.25) is 0 Å². The van der Waals surface area contributed by atoms with E-state index in [1.165, 1.54) is 0 Å². The molecule has 0 unspecified atom stereocenters. The zero-order chi connectivity index (χ0) is 12.3. The van der Waals surface area contributed by atoms with Gasteiger partial charge in [0.25, 0.3) is 0 Å². The quantitative estimate of drug-likeness (QED) is 0.850. The maximum atomic E-state index is 6.06. The minimum absolute atomic E-state index is 0.501. The molecule has 1 N–H and O–H groups in total. The molecule has 2 rings (SSSR count). The fourth-order valence-corrected chi connectivity index (χ4v) is 1.67. The van der Waals surface area contributed by atoms with E-state index in [0.717, 1.165) is 9.32 Å². The third kappa shape index (κ3) is 3.19. The number of hydrogen-bond donors (Lipinski definition) is 1. The number of rotatable bonds is 3. The van der Waals surface area contributed by atoms with E-state index in [0.29, 0.717) is 16.7 Å². The number of benzene rings is 1. The molecule has 0 fully saturated rings. The molecule has 6 heteroatoms. The van der Waals surface area contributed by atoms with Gasteiger partial charge in [0.1, 0.15) is 5.75 Å². The second-order valence-corrected chi connectivity index (χ2v) is 4.85. The number of methoxy groups -OCH3 is 1. The Bertz CT molecular complexity index is 519. The molecule has 1 aromatic heterocycles. The van der Waals surface area contributed by atoms with E-state index in [-0.39, 0.29) is 0 Å². The maximum Gasteiger partial charge on any atom is 0.227 e. The predicted molar refractivity (Wildman–Crippen MR) is 76.0 cm³/mol. The van der Waals surface area contributed by atoms with Crippen LogP contribution < -0.4 is 10.1 Å². The summed E-state index contributed by atoms with van der Waals surface area (Å²) in [5.41, 5.74) is 0.715. The molecular formula is C11H9ClIN3O. The van der Waals surface area contributed by atoms with Crippen molar-refractivity contribution in [3.63, 3.8) is 0 Å². The van der Waals surface area contributed by atoms with Crippen molar-refractivity contribution in [1.82, 2.24) is 9.97 Å². The van der Waals surface area contributed by atoms with Crippen LogP contribution in [-0.4, -0.2) is 17.1 Å². The maximum absolute atomic E-state index is 6.06. The van der Waals surface area contributed by atoms with E-state index in [9.17, 15) is 0 Å². The van der Waals surface area contributed by atoms with Crippen LogP contribution in [-0.2, 0) is 0 Å². The number of nitrogens with zero attached hydrogens (tertiary/aromatic N) is 2. The number of hydrogen-bond acceptors (Lipinski definition) is 4. The van der Waals surface area contributed by atoms with Gasteiger partial charge < -0.3 is 10.1 Å².